The number of amides is 1. The number of hydrogen-bond acceptors (Lipinski definition) is 3. The van der Waals surface area contributed by atoms with E-state index < -0.39 is 6.10 Å². The third-order valence-electron chi connectivity index (χ3n) is 2.91. The molecule has 1 amide bonds. The zero-order valence-corrected chi connectivity index (χ0v) is 13.3. The maximum absolute atomic E-state index is 12.1. The van der Waals surface area contributed by atoms with Gasteiger partial charge in [0.25, 0.3) is 5.91 Å². The normalized spacial score (nSPS) is 11.6. The number of carbonyl (C=O) groups is 1. The summed E-state index contributed by atoms with van der Waals surface area (Å²) in [6.07, 6.45) is -0.634. The molecule has 1 atom stereocenters. The van der Waals surface area contributed by atoms with E-state index in [4.69, 9.17) is 21.1 Å². The first-order valence-corrected chi connectivity index (χ1v) is 7.42. The monoisotopic (exact) mass is 319 g/mol. The average Bonchev–Trinajstić information content (AvgIpc) is 2.49. The SMILES string of the molecule is CCOc1ccc(NC(=O)[C@@H](C)Oc2cccc(Cl)c2)cc1. The van der Waals surface area contributed by atoms with Gasteiger partial charge in [0, 0.05) is 10.7 Å². The summed E-state index contributed by atoms with van der Waals surface area (Å²) in [5.74, 6) is 1.09. The molecule has 0 radical (unpaired) electrons. The van der Waals surface area contributed by atoms with Gasteiger partial charge in [-0.25, -0.2) is 0 Å². The van der Waals surface area contributed by atoms with E-state index in [1.54, 1.807) is 43.3 Å². The Morgan fingerprint density at radius 3 is 2.55 bits per heavy atom. The van der Waals surface area contributed by atoms with Gasteiger partial charge in [-0.3, -0.25) is 4.79 Å². The molecule has 0 bridgehead atoms. The fourth-order valence-corrected chi connectivity index (χ4v) is 2.02. The van der Waals surface area contributed by atoms with Gasteiger partial charge in [-0.2, -0.15) is 0 Å². The summed E-state index contributed by atoms with van der Waals surface area (Å²) in [6.45, 7) is 4.21. The van der Waals surface area contributed by atoms with Crippen molar-refractivity contribution in [2.75, 3.05) is 11.9 Å². The lowest BCUT2D eigenvalue weighted by Crippen LogP contribution is -2.30. The number of nitrogens with one attached hydrogen (secondary N) is 1. The lowest BCUT2D eigenvalue weighted by atomic mass is 10.2. The van der Waals surface area contributed by atoms with E-state index in [9.17, 15) is 4.79 Å². The van der Waals surface area contributed by atoms with E-state index in [1.165, 1.54) is 0 Å². The number of ether oxygens (including phenoxy) is 2. The van der Waals surface area contributed by atoms with Crippen molar-refractivity contribution in [1.29, 1.82) is 0 Å². The van der Waals surface area contributed by atoms with Crippen LogP contribution in [0.1, 0.15) is 13.8 Å². The molecule has 0 aliphatic carbocycles. The molecule has 0 heterocycles. The lowest BCUT2D eigenvalue weighted by Gasteiger charge is -2.15. The molecule has 0 aliphatic heterocycles. The van der Waals surface area contributed by atoms with Crippen molar-refractivity contribution >= 4 is 23.2 Å². The summed E-state index contributed by atoms with van der Waals surface area (Å²) in [5, 5.41) is 3.36. The zero-order valence-electron chi connectivity index (χ0n) is 12.5. The van der Waals surface area contributed by atoms with Crippen molar-refractivity contribution in [2.24, 2.45) is 0 Å². The van der Waals surface area contributed by atoms with Crippen LogP contribution in [-0.2, 0) is 4.79 Å². The summed E-state index contributed by atoms with van der Waals surface area (Å²) >= 11 is 5.89. The van der Waals surface area contributed by atoms with Gasteiger partial charge in [0.05, 0.1) is 6.61 Å². The lowest BCUT2D eigenvalue weighted by molar-refractivity contribution is -0.122. The molecule has 2 rings (SSSR count). The van der Waals surface area contributed by atoms with Crippen LogP contribution in [0.15, 0.2) is 48.5 Å². The molecule has 22 heavy (non-hydrogen) atoms. The number of anilines is 1. The minimum absolute atomic E-state index is 0.232. The Morgan fingerprint density at radius 2 is 1.91 bits per heavy atom. The molecule has 0 saturated heterocycles. The molecule has 1 N–H and O–H groups in total. The van der Waals surface area contributed by atoms with Gasteiger partial charge in [0.1, 0.15) is 11.5 Å². The standard InChI is InChI=1S/C17H18ClNO3/c1-3-21-15-9-7-14(8-10-15)19-17(20)12(2)22-16-6-4-5-13(18)11-16/h4-12H,3H2,1-2H3,(H,19,20)/t12-/m1/s1. The maximum atomic E-state index is 12.1. The third-order valence-corrected chi connectivity index (χ3v) is 3.15. The van der Waals surface area contributed by atoms with Gasteiger partial charge in [-0.15, -0.1) is 0 Å². The van der Waals surface area contributed by atoms with Crippen LogP contribution in [0.5, 0.6) is 11.5 Å². The largest absolute Gasteiger partial charge is 0.494 e. The van der Waals surface area contributed by atoms with Crippen molar-refractivity contribution in [3.8, 4) is 11.5 Å². The summed E-state index contributed by atoms with van der Waals surface area (Å²) in [5.41, 5.74) is 0.690. The maximum Gasteiger partial charge on any atom is 0.265 e. The molecule has 5 heteroatoms. The molecule has 0 saturated carbocycles. The summed E-state index contributed by atoms with van der Waals surface area (Å²) in [6, 6.07) is 14.1. The Labute approximate surface area is 135 Å². The van der Waals surface area contributed by atoms with Crippen LogP contribution in [0.3, 0.4) is 0 Å². The second kappa shape index (κ2) is 7.71. The minimum atomic E-state index is -0.634. The van der Waals surface area contributed by atoms with E-state index in [0.29, 0.717) is 23.1 Å². The number of halogens is 1. The molecule has 0 spiro atoms. The molecule has 116 valence electrons. The molecule has 2 aromatic carbocycles. The highest BCUT2D eigenvalue weighted by Gasteiger charge is 2.15. The predicted octanol–water partition coefficient (Wildman–Crippen LogP) is 4.14. The summed E-state index contributed by atoms with van der Waals surface area (Å²) < 4.78 is 10.9. The van der Waals surface area contributed by atoms with Crippen molar-refractivity contribution in [3.05, 3.63) is 53.6 Å². The van der Waals surface area contributed by atoms with Crippen LogP contribution in [0.25, 0.3) is 0 Å². The van der Waals surface area contributed by atoms with E-state index in [2.05, 4.69) is 5.32 Å². The molecule has 0 aromatic heterocycles. The van der Waals surface area contributed by atoms with Gasteiger partial charge >= 0.3 is 0 Å². The number of benzene rings is 2. The second-order valence-electron chi connectivity index (χ2n) is 4.66. The number of rotatable bonds is 6. The van der Waals surface area contributed by atoms with Gasteiger partial charge in [0.15, 0.2) is 6.10 Å². The van der Waals surface area contributed by atoms with E-state index in [-0.39, 0.29) is 5.91 Å². The first kappa shape index (κ1) is 16.2. The molecule has 0 fully saturated rings. The van der Waals surface area contributed by atoms with Gasteiger partial charge in [-0.05, 0) is 56.3 Å². The zero-order chi connectivity index (χ0) is 15.9. The molecular formula is C17H18ClNO3. The Bertz CT molecular complexity index is 628. The second-order valence-corrected chi connectivity index (χ2v) is 5.10. The van der Waals surface area contributed by atoms with E-state index in [1.807, 2.05) is 19.1 Å². The topological polar surface area (TPSA) is 47.6 Å². The summed E-state index contributed by atoms with van der Waals surface area (Å²) in [7, 11) is 0. The Balaban J connectivity index is 1.93. The van der Waals surface area contributed by atoms with Crippen LogP contribution in [0.4, 0.5) is 5.69 Å². The van der Waals surface area contributed by atoms with E-state index in [0.717, 1.165) is 5.75 Å². The van der Waals surface area contributed by atoms with Crippen molar-refractivity contribution < 1.29 is 14.3 Å². The number of carbonyl (C=O) groups excluding carboxylic acids is 1. The quantitative estimate of drug-likeness (QED) is 0.870. The predicted molar refractivity (Wildman–Crippen MR) is 87.8 cm³/mol. The van der Waals surface area contributed by atoms with Crippen molar-refractivity contribution in [2.45, 2.75) is 20.0 Å². The van der Waals surface area contributed by atoms with Crippen LogP contribution in [0, 0.1) is 0 Å². The van der Waals surface area contributed by atoms with Crippen LogP contribution in [0.2, 0.25) is 5.02 Å². The Kier molecular flexibility index (Phi) is 5.67. The third kappa shape index (κ3) is 4.67. The molecule has 4 nitrogen and oxygen atoms in total. The van der Waals surface area contributed by atoms with Crippen molar-refractivity contribution in [3.63, 3.8) is 0 Å². The Hall–Kier alpha value is -2.20. The number of hydrogen-bond donors (Lipinski definition) is 1. The molecule has 0 unspecified atom stereocenters. The molecule has 2 aromatic rings. The average molecular weight is 320 g/mol. The first-order valence-electron chi connectivity index (χ1n) is 7.04. The van der Waals surface area contributed by atoms with Crippen LogP contribution < -0.4 is 14.8 Å². The highest BCUT2D eigenvalue weighted by molar-refractivity contribution is 6.30. The highest BCUT2D eigenvalue weighted by atomic mass is 35.5. The highest BCUT2D eigenvalue weighted by Crippen LogP contribution is 2.19. The Morgan fingerprint density at radius 1 is 1.18 bits per heavy atom. The van der Waals surface area contributed by atoms with Gasteiger partial charge in [0.2, 0.25) is 0 Å². The minimum Gasteiger partial charge on any atom is -0.494 e. The van der Waals surface area contributed by atoms with Gasteiger partial charge in [-0.1, -0.05) is 17.7 Å². The first-order chi connectivity index (χ1) is 10.6. The summed E-state index contributed by atoms with van der Waals surface area (Å²) in [4.78, 5) is 12.1. The fourth-order valence-electron chi connectivity index (χ4n) is 1.84. The molecule has 0 aliphatic rings. The fraction of sp³-hybridized carbons (Fsp3) is 0.235. The molecular weight excluding hydrogens is 302 g/mol. The van der Waals surface area contributed by atoms with E-state index >= 15 is 0 Å². The van der Waals surface area contributed by atoms with Crippen molar-refractivity contribution in [1.82, 2.24) is 0 Å². The van der Waals surface area contributed by atoms with Gasteiger partial charge < -0.3 is 14.8 Å². The van der Waals surface area contributed by atoms with Crippen LogP contribution in [-0.4, -0.2) is 18.6 Å². The smallest absolute Gasteiger partial charge is 0.265 e. The van der Waals surface area contributed by atoms with Crippen LogP contribution >= 0.6 is 11.6 Å².